The van der Waals surface area contributed by atoms with Gasteiger partial charge in [0.1, 0.15) is 0 Å². The molecule has 7 atom stereocenters. The van der Waals surface area contributed by atoms with Gasteiger partial charge in [0.05, 0.1) is 18.8 Å². The summed E-state index contributed by atoms with van der Waals surface area (Å²) in [6, 6.07) is 22.1. The standard InChI is InChI=1S/C25H29NO3/c1-3-9-17(10-4-1)20-13-7-8-14-22(20)28-25-21-15-19-16-27-26(29-25)24(19)23(21)18-11-5-2-6-12-18/h1-6,9-12,19-25H,7-8,13-16H2/t19-,20?,21-,22?,23-,24?,25+/m0/s1. The summed E-state index contributed by atoms with van der Waals surface area (Å²) < 4.78 is 6.79. The number of hydroxylamine groups is 2. The predicted octanol–water partition coefficient (Wildman–Crippen LogP) is 5.04. The molecule has 2 bridgehead atoms. The molecule has 3 unspecified atom stereocenters. The molecule has 4 fully saturated rings. The monoisotopic (exact) mass is 391 g/mol. The number of rotatable bonds is 4. The minimum absolute atomic E-state index is 0.212. The van der Waals surface area contributed by atoms with Crippen LogP contribution in [0.25, 0.3) is 0 Å². The van der Waals surface area contributed by atoms with Crippen molar-refractivity contribution in [1.29, 1.82) is 0 Å². The lowest BCUT2D eigenvalue weighted by molar-refractivity contribution is -0.444. The number of hydrogen-bond donors (Lipinski definition) is 0. The van der Waals surface area contributed by atoms with Gasteiger partial charge in [-0.3, -0.25) is 4.84 Å². The summed E-state index contributed by atoms with van der Waals surface area (Å²) in [6.45, 7) is 0.771. The predicted molar refractivity (Wildman–Crippen MR) is 110 cm³/mol. The van der Waals surface area contributed by atoms with E-state index in [9.17, 15) is 0 Å². The van der Waals surface area contributed by atoms with Crippen molar-refractivity contribution in [3.8, 4) is 0 Å². The van der Waals surface area contributed by atoms with Crippen LogP contribution in [0.15, 0.2) is 60.7 Å². The summed E-state index contributed by atoms with van der Waals surface area (Å²) in [7, 11) is 0. The average Bonchev–Trinajstić information content (AvgIpc) is 3.31. The average molecular weight is 392 g/mol. The quantitative estimate of drug-likeness (QED) is 0.731. The summed E-state index contributed by atoms with van der Waals surface area (Å²) in [5.74, 6) is 1.80. The second-order valence-electron chi connectivity index (χ2n) is 9.12. The summed E-state index contributed by atoms with van der Waals surface area (Å²) >= 11 is 0. The van der Waals surface area contributed by atoms with Gasteiger partial charge in [0.2, 0.25) is 0 Å². The topological polar surface area (TPSA) is 30.9 Å². The van der Waals surface area contributed by atoms with E-state index in [-0.39, 0.29) is 12.4 Å². The Morgan fingerprint density at radius 1 is 0.862 bits per heavy atom. The summed E-state index contributed by atoms with van der Waals surface area (Å²) in [5.41, 5.74) is 2.79. The molecule has 2 aromatic carbocycles. The molecule has 152 valence electrons. The Hall–Kier alpha value is -1.72. The van der Waals surface area contributed by atoms with E-state index >= 15 is 0 Å². The smallest absolute Gasteiger partial charge is 0.183 e. The van der Waals surface area contributed by atoms with E-state index in [4.69, 9.17) is 14.4 Å². The zero-order valence-corrected chi connectivity index (χ0v) is 16.7. The van der Waals surface area contributed by atoms with Crippen LogP contribution in [0.2, 0.25) is 0 Å². The van der Waals surface area contributed by atoms with Crippen LogP contribution in [0.5, 0.6) is 0 Å². The van der Waals surface area contributed by atoms with Gasteiger partial charge >= 0.3 is 0 Å². The van der Waals surface area contributed by atoms with Crippen LogP contribution >= 0.6 is 0 Å². The maximum Gasteiger partial charge on any atom is 0.183 e. The molecule has 4 aliphatic rings. The molecule has 0 aromatic heterocycles. The van der Waals surface area contributed by atoms with Gasteiger partial charge in [0.15, 0.2) is 6.29 Å². The molecule has 6 rings (SSSR count). The van der Waals surface area contributed by atoms with E-state index in [1.54, 1.807) is 5.23 Å². The SMILES string of the molecule is c1ccc(C2CCCCC2O[C@@H]2ON3OC[C@@H]4C[C@H]2[C@H](c2ccccc2)C43)cc1. The zero-order chi connectivity index (χ0) is 19.2. The number of ether oxygens (including phenoxy) is 1. The number of nitrogens with zero attached hydrogens (tertiary/aromatic N) is 1. The van der Waals surface area contributed by atoms with Crippen LogP contribution in [0, 0.1) is 11.8 Å². The third kappa shape index (κ3) is 3.14. The number of fused-ring (bicyclic) bond motifs is 1. The third-order valence-electron chi connectivity index (χ3n) is 7.53. The molecule has 0 N–H and O–H groups in total. The van der Waals surface area contributed by atoms with E-state index in [1.807, 2.05) is 0 Å². The van der Waals surface area contributed by atoms with Gasteiger partial charge in [0, 0.05) is 23.7 Å². The van der Waals surface area contributed by atoms with E-state index in [0.717, 1.165) is 19.4 Å². The number of benzene rings is 2. The van der Waals surface area contributed by atoms with E-state index < -0.39 is 0 Å². The van der Waals surface area contributed by atoms with Crippen molar-refractivity contribution in [3.05, 3.63) is 71.8 Å². The second kappa shape index (κ2) is 7.51. The zero-order valence-electron chi connectivity index (χ0n) is 16.7. The Kier molecular flexibility index (Phi) is 4.68. The Bertz CT molecular complexity index is 828. The van der Waals surface area contributed by atoms with Crippen molar-refractivity contribution in [2.24, 2.45) is 11.8 Å². The lowest BCUT2D eigenvalue weighted by Crippen LogP contribution is -2.49. The van der Waals surface area contributed by atoms with Crippen LogP contribution in [0.3, 0.4) is 0 Å². The van der Waals surface area contributed by atoms with Crippen molar-refractivity contribution in [1.82, 2.24) is 5.23 Å². The van der Waals surface area contributed by atoms with Gasteiger partial charge in [-0.05, 0) is 30.4 Å². The summed E-state index contributed by atoms with van der Waals surface area (Å²) in [5, 5.41) is 1.79. The van der Waals surface area contributed by atoms with Crippen LogP contribution in [0.1, 0.15) is 55.1 Å². The first-order valence-corrected chi connectivity index (χ1v) is 11.2. The molecule has 2 saturated heterocycles. The molecule has 4 heteroatoms. The van der Waals surface area contributed by atoms with Gasteiger partial charge in [0.25, 0.3) is 0 Å². The van der Waals surface area contributed by atoms with Gasteiger partial charge in [-0.15, -0.1) is 0 Å². The normalized spacial score (nSPS) is 39.0. The lowest BCUT2D eigenvalue weighted by atomic mass is 9.81. The first-order chi connectivity index (χ1) is 14.4. The lowest BCUT2D eigenvalue weighted by Gasteiger charge is -2.43. The number of hydrogen-bond acceptors (Lipinski definition) is 4. The molecular formula is C25H29NO3. The van der Waals surface area contributed by atoms with Crippen molar-refractivity contribution >= 4 is 0 Å². The largest absolute Gasteiger partial charge is 0.347 e. The molecule has 0 radical (unpaired) electrons. The highest BCUT2D eigenvalue weighted by atomic mass is 17.0. The van der Waals surface area contributed by atoms with E-state index in [2.05, 4.69) is 60.7 Å². The van der Waals surface area contributed by atoms with E-state index in [1.165, 1.54) is 30.4 Å². The van der Waals surface area contributed by atoms with Crippen molar-refractivity contribution in [2.45, 2.75) is 62.4 Å². The summed E-state index contributed by atoms with van der Waals surface area (Å²) in [4.78, 5) is 12.2. The minimum atomic E-state index is -0.226. The molecule has 2 aliphatic heterocycles. The highest BCUT2D eigenvalue weighted by molar-refractivity contribution is 5.26. The first kappa shape index (κ1) is 18.1. The molecule has 2 aliphatic carbocycles. The maximum absolute atomic E-state index is 6.79. The van der Waals surface area contributed by atoms with Crippen molar-refractivity contribution in [2.75, 3.05) is 6.61 Å². The molecular weight excluding hydrogens is 362 g/mol. The fraction of sp³-hybridized carbons (Fsp3) is 0.520. The third-order valence-corrected chi connectivity index (χ3v) is 7.53. The molecule has 2 saturated carbocycles. The summed E-state index contributed by atoms with van der Waals surface area (Å²) in [6.07, 6.45) is 5.92. The molecule has 2 aromatic rings. The van der Waals surface area contributed by atoms with Gasteiger partial charge in [-0.1, -0.05) is 78.7 Å². The van der Waals surface area contributed by atoms with Crippen LogP contribution in [0.4, 0.5) is 0 Å². The second-order valence-corrected chi connectivity index (χ2v) is 9.12. The highest BCUT2D eigenvalue weighted by Gasteiger charge is 2.59. The van der Waals surface area contributed by atoms with Crippen molar-refractivity contribution < 1.29 is 14.4 Å². The Morgan fingerprint density at radius 3 is 2.38 bits per heavy atom. The highest BCUT2D eigenvalue weighted by Crippen LogP contribution is 2.55. The Labute approximate surface area is 172 Å². The molecule has 29 heavy (non-hydrogen) atoms. The Morgan fingerprint density at radius 2 is 1.59 bits per heavy atom. The maximum atomic E-state index is 6.79. The Balaban J connectivity index is 1.27. The molecule has 0 amide bonds. The van der Waals surface area contributed by atoms with Crippen LogP contribution in [-0.2, 0) is 14.4 Å². The van der Waals surface area contributed by atoms with Gasteiger partial charge in [-0.25, -0.2) is 4.84 Å². The van der Waals surface area contributed by atoms with E-state index in [0.29, 0.717) is 29.7 Å². The first-order valence-electron chi connectivity index (χ1n) is 11.2. The van der Waals surface area contributed by atoms with Gasteiger partial charge in [-0.2, -0.15) is 0 Å². The fourth-order valence-electron chi connectivity index (χ4n) is 6.23. The molecule has 4 nitrogen and oxygen atoms in total. The van der Waals surface area contributed by atoms with Crippen LogP contribution in [-0.4, -0.2) is 30.3 Å². The minimum Gasteiger partial charge on any atom is -0.347 e. The van der Waals surface area contributed by atoms with Crippen molar-refractivity contribution in [3.63, 3.8) is 0 Å². The van der Waals surface area contributed by atoms with Crippen LogP contribution < -0.4 is 0 Å². The fourth-order valence-corrected chi connectivity index (χ4v) is 6.23. The molecule has 2 heterocycles. The van der Waals surface area contributed by atoms with Gasteiger partial charge < -0.3 is 4.74 Å². The molecule has 0 spiro atoms.